The van der Waals surface area contributed by atoms with Gasteiger partial charge in [0, 0.05) is 13.0 Å². The SMILES string of the molecule is CCCC(=O)NCCc1ccc(OC(F)F)c(OC)c1. The van der Waals surface area contributed by atoms with Crippen LogP contribution in [0.15, 0.2) is 18.2 Å². The van der Waals surface area contributed by atoms with E-state index in [0.29, 0.717) is 19.4 Å². The monoisotopic (exact) mass is 287 g/mol. The zero-order chi connectivity index (χ0) is 15.0. The third kappa shape index (κ3) is 5.42. The molecule has 0 saturated heterocycles. The smallest absolute Gasteiger partial charge is 0.387 e. The van der Waals surface area contributed by atoms with Gasteiger partial charge in [0.15, 0.2) is 11.5 Å². The Morgan fingerprint density at radius 3 is 2.70 bits per heavy atom. The molecule has 1 aromatic rings. The number of carbonyl (C=O) groups excluding carboxylic acids is 1. The fourth-order valence-corrected chi connectivity index (χ4v) is 1.72. The van der Waals surface area contributed by atoms with E-state index in [4.69, 9.17) is 4.74 Å². The van der Waals surface area contributed by atoms with Crippen LogP contribution in [-0.2, 0) is 11.2 Å². The highest BCUT2D eigenvalue weighted by molar-refractivity contribution is 5.75. The molecule has 1 amide bonds. The molecule has 0 spiro atoms. The molecule has 0 atom stereocenters. The van der Waals surface area contributed by atoms with Crippen molar-refractivity contribution in [2.24, 2.45) is 0 Å². The van der Waals surface area contributed by atoms with Gasteiger partial charge in [0.25, 0.3) is 0 Å². The molecule has 0 aliphatic carbocycles. The highest BCUT2D eigenvalue weighted by Gasteiger charge is 2.11. The van der Waals surface area contributed by atoms with Gasteiger partial charge in [-0.25, -0.2) is 0 Å². The topological polar surface area (TPSA) is 47.6 Å². The van der Waals surface area contributed by atoms with Crippen LogP contribution in [0.1, 0.15) is 25.3 Å². The van der Waals surface area contributed by atoms with Gasteiger partial charge in [-0.15, -0.1) is 0 Å². The van der Waals surface area contributed by atoms with E-state index >= 15 is 0 Å². The lowest BCUT2D eigenvalue weighted by molar-refractivity contribution is -0.121. The van der Waals surface area contributed by atoms with Gasteiger partial charge < -0.3 is 14.8 Å². The van der Waals surface area contributed by atoms with E-state index in [2.05, 4.69) is 10.1 Å². The van der Waals surface area contributed by atoms with Crippen LogP contribution in [0.3, 0.4) is 0 Å². The van der Waals surface area contributed by atoms with Crippen molar-refractivity contribution in [2.45, 2.75) is 32.8 Å². The first-order chi connectivity index (χ1) is 9.56. The van der Waals surface area contributed by atoms with Gasteiger partial charge in [0.05, 0.1) is 7.11 Å². The summed E-state index contributed by atoms with van der Waals surface area (Å²) in [6, 6.07) is 4.74. The average Bonchev–Trinajstić information content (AvgIpc) is 2.40. The molecular weight excluding hydrogens is 268 g/mol. The number of carbonyl (C=O) groups is 1. The van der Waals surface area contributed by atoms with Crippen molar-refractivity contribution in [2.75, 3.05) is 13.7 Å². The largest absolute Gasteiger partial charge is 0.493 e. The van der Waals surface area contributed by atoms with Crippen molar-refractivity contribution in [3.8, 4) is 11.5 Å². The highest BCUT2D eigenvalue weighted by atomic mass is 19.3. The Bertz CT molecular complexity index is 438. The van der Waals surface area contributed by atoms with Crippen LogP contribution in [0.2, 0.25) is 0 Å². The van der Waals surface area contributed by atoms with E-state index in [1.54, 1.807) is 12.1 Å². The molecule has 0 aromatic heterocycles. The second kappa shape index (κ2) is 8.35. The normalized spacial score (nSPS) is 10.4. The van der Waals surface area contributed by atoms with Crippen LogP contribution >= 0.6 is 0 Å². The van der Waals surface area contributed by atoms with Crippen LogP contribution in [0.5, 0.6) is 11.5 Å². The molecule has 0 radical (unpaired) electrons. The van der Waals surface area contributed by atoms with Gasteiger partial charge in [-0.3, -0.25) is 4.79 Å². The number of methoxy groups -OCH3 is 1. The Hall–Kier alpha value is -1.85. The number of benzene rings is 1. The predicted molar refractivity (Wildman–Crippen MR) is 71.2 cm³/mol. The van der Waals surface area contributed by atoms with Crippen LogP contribution in [-0.4, -0.2) is 26.2 Å². The highest BCUT2D eigenvalue weighted by Crippen LogP contribution is 2.29. The van der Waals surface area contributed by atoms with Gasteiger partial charge in [-0.2, -0.15) is 8.78 Å². The van der Waals surface area contributed by atoms with Gasteiger partial charge in [0.1, 0.15) is 0 Å². The molecule has 20 heavy (non-hydrogen) atoms. The van der Waals surface area contributed by atoms with Crippen molar-refractivity contribution in [3.63, 3.8) is 0 Å². The van der Waals surface area contributed by atoms with E-state index in [0.717, 1.165) is 12.0 Å². The first-order valence-corrected chi connectivity index (χ1v) is 6.45. The molecular formula is C14H19F2NO3. The zero-order valence-electron chi connectivity index (χ0n) is 11.6. The fraction of sp³-hybridized carbons (Fsp3) is 0.500. The Morgan fingerprint density at radius 1 is 1.35 bits per heavy atom. The Morgan fingerprint density at radius 2 is 2.10 bits per heavy atom. The maximum Gasteiger partial charge on any atom is 0.387 e. The van der Waals surface area contributed by atoms with E-state index in [1.807, 2.05) is 6.92 Å². The van der Waals surface area contributed by atoms with Crippen LogP contribution < -0.4 is 14.8 Å². The number of rotatable bonds is 8. The second-order valence-electron chi connectivity index (χ2n) is 4.21. The summed E-state index contributed by atoms with van der Waals surface area (Å²) in [5, 5.41) is 2.79. The summed E-state index contributed by atoms with van der Waals surface area (Å²) in [6.45, 7) is -0.452. The number of ether oxygens (including phenoxy) is 2. The summed E-state index contributed by atoms with van der Waals surface area (Å²) in [6.07, 6.45) is 1.91. The summed E-state index contributed by atoms with van der Waals surface area (Å²) in [5.41, 5.74) is 0.875. The number of nitrogens with one attached hydrogen (secondary N) is 1. The lowest BCUT2D eigenvalue weighted by Gasteiger charge is -2.11. The fourth-order valence-electron chi connectivity index (χ4n) is 1.72. The Labute approximate surface area is 117 Å². The van der Waals surface area contributed by atoms with Crippen LogP contribution in [0.25, 0.3) is 0 Å². The first-order valence-electron chi connectivity index (χ1n) is 6.45. The molecule has 1 N–H and O–H groups in total. The first kappa shape index (κ1) is 16.2. The van der Waals surface area contributed by atoms with Gasteiger partial charge in [-0.05, 0) is 30.5 Å². The standard InChI is InChI=1S/C14H19F2NO3/c1-3-4-13(18)17-8-7-10-5-6-11(20-14(15)16)12(9-10)19-2/h5-6,9,14H,3-4,7-8H2,1-2H3,(H,17,18). The van der Waals surface area contributed by atoms with E-state index in [1.165, 1.54) is 13.2 Å². The summed E-state index contributed by atoms with van der Waals surface area (Å²) in [5.74, 6) is 0.265. The zero-order valence-corrected chi connectivity index (χ0v) is 11.6. The van der Waals surface area contributed by atoms with E-state index < -0.39 is 6.61 Å². The van der Waals surface area contributed by atoms with Gasteiger partial charge >= 0.3 is 6.61 Å². The summed E-state index contributed by atoms with van der Waals surface area (Å²) in [7, 11) is 1.39. The lowest BCUT2D eigenvalue weighted by Crippen LogP contribution is -2.25. The van der Waals surface area contributed by atoms with Crippen molar-refractivity contribution >= 4 is 5.91 Å². The minimum atomic E-state index is -2.89. The number of alkyl halides is 2. The molecule has 0 aliphatic rings. The molecule has 112 valence electrons. The molecule has 0 saturated carbocycles. The van der Waals surface area contributed by atoms with Crippen molar-refractivity contribution in [1.29, 1.82) is 0 Å². The maximum atomic E-state index is 12.2. The van der Waals surface area contributed by atoms with Gasteiger partial charge in [0.2, 0.25) is 5.91 Å². The maximum absolute atomic E-state index is 12.2. The second-order valence-corrected chi connectivity index (χ2v) is 4.21. The molecule has 1 rings (SSSR count). The Balaban J connectivity index is 2.57. The van der Waals surface area contributed by atoms with Crippen LogP contribution in [0, 0.1) is 0 Å². The molecule has 0 unspecified atom stereocenters. The Kier molecular flexibility index (Phi) is 6.76. The van der Waals surface area contributed by atoms with E-state index in [9.17, 15) is 13.6 Å². The third-order valence-electron chi connectivity index (χ3n) is 2.66. The summed E-state index contributed by atoms with van der Waals surface area (Å²) in [4.78, 5) is 11.3. The molecule has 4 nitrogen and oxygen atoms in total. The minimum Gasteiger partial charge on any atom is -0.493 e. The molecule has 6 heteroatoms. The summed E-state index contributed by atoms with van der Waals surface area (Å²) >= 11 is 0. The number of hydrogen-bond acceptors (Lipinski definition) is 3. The number of halogens is 2. The minimum absolute atomic E-state index is 0.00117. The van der Waals surface area contributed by atoms with Crippen molar-refractivity contribution < 1.29 is 23.0 Å². The molecule has 0 aliphatic heterocycles. The molecule has 0 heterocycles. The quantitative estimate of drug-likeness (QED) is 0.799. The summed E-state index contributed by atoms with van der Waals surface area (Å²) < 4.78 is 33.7. The average molecular weight is 287 g/mol. The number of hydrogen-bond donors (Lipinski definition) is 1. The lowest BCUT2D eigenvalue weighted by atomic mass is 10.1. The van der Waals surface area contributed by atoms with Crippen molar-refractivity contribution in [1.82, 2.24) is 5.32 Å². The third-order valence-corrected chi connectivity index (χ3v) is 2.66. The van der Waals surface area contributed by atoms with Gasteiger partial charge in [-0.1, -0.05) is 13.0 Å². The molecule has 1 aromatic carbocycles. The molecule has 0 bridgehead atoms. The predicted octanol–water partition coefficient (Wildman–Crippen LogP) is 2.76. The number of amides is 1. The van der Waals surface area contributed by atoms with E-state index in [-0.39, 0.29) is 17.4 Å². The van der Waals surface area contributed by atoms with Crippen LogP contribution in [0.4, 0.5) is 8.78 Å². The van der Waals surface area contributed by atoms with Crippen molar-refractivity contribution in [3.05, 3.63) is 23.8 Å². The molecule has 0 fully saturated rings.